The molecule has 0 saturated heterocycles. The molecule has 0 bridgehead atoms. The van der Waals surface area contributed by atoms with E-state index in [0.29, 0.717) is 30.1 Å². The molecule has 5 aliphatic rings. The van der Waals surface area contributed by atoms with Gasteiger partial charge in [-0.25, -0.2) is 0 Å². The summed E-state index contributed by atoms with van der Waals surface area (Å²) in [5, 5.41) is 10.6. The molecule has 0 spiro atoms. The van der Waals surface area contributed by atoms with E-state index in [4.69, 9.17) is 9.47 Å². The first-order valence-corrected chi connectivity index (χ1v) is 15.7. The zero-order chi connectivity index (χ0) is 29.6. The minimum absolute atomic E-state index is 0.00146. The number of carbonyl (C=O) groups is 3. The number of carboxylic acid groups (broad SMARTS) is 1. The maximum atomic E-state index is 12.9. The molecule has 1 N–H and O–H groups in total. The van der Waals surface area contributed by atoms with Crippen molar-refractivity contribution in [3.8, 4) is 0 Å². The molecule has 0 unspecified atom stereocenters. The van der Waals surface area contributed by atoms with Gasteiger partial charge in [0, 0.05) is 19.3 Å². The molecule has 0 radical (unpaired) electrons. The molecule has 0 heterocycles. The Labute approximate surface area is 241 Å². The summed E-state index contributed by atoms with van der Waals surface area (Å²) < 4.78 is 11.8. The van der Waals surface area contributed by atoms with E-state index in [2.05, 4.69) is 54.5 Å². The molecule has 40 heavy (non-hydrogen) atoms. The van der Waals surface area contributed by atoms with Crippen LogP contribution in [0.1, 0.15) is 114 Å². The molecule has 4 saturated carbocycles. The van der Waals surface area contributed by atoms with Crippen molar-refractivity contribution >= 4 is 17.9 Å². The molecule has 4 fully saturated rings. The quantitative estimate of drug-likeness (QED) is 0.292. The van der Waals surface area contributed by atoms with Gasteiger partial charge in [0.1, 0.15) is 12.2 Å². The highest BCUT2D eigenvalue weighted by atomic mass is 16.6. The molecule has 5 rings (SSSR count). The fourth-order valence-corrected chi connectivity index (χ4v) is 11.7. The SMILES string of the molecule is CC(=O)O[C@@H]1C[C@@]2(C)[C@H](CC[C@]3(C)[C@@H]2CC=C2[C@H]4[C@@H](C)[C@H](C)CC[C@]4(C(=O)O)CC[C@]23C)C(C)(C)[C@H]1OC(C)=O. The van der Waals surface area contributed by atoms with Crippen LogP contribution in [0.4, 0.5) is 0 Å². The van der Waals surface area contributed by atoms with Gasteiger partial charge in [0.2, 0.25) is 0 Å². The molecule has 0 amide bonds. The van der Waals surface area contributed by atoms with Gasteiger partial charge in [-0.1, -0.05) is 60.1 Å². The summed E-state index contributed by atoms with van der Waals surface area (Å²) in [6.07, 6.45) is 8.62. The summed E-state index contributed by atoms with van der Waals surface area (Å²) in [6.45, 7) is 19.2. The number of carbonyl (C=O) groups excluding carboxylic acids is 2. The van der Waals surface area contributed by atoms with Crippen molar-refractivity contribution < 1.29 is 29.0 Å². The van der Waals surface area contributed by atoms with Crippen LogP contribution in [0.2, 0.25) is 0 Å². The zero-order valence-corrected chi connectivity index (χ0v) is 26.3. The fourth-order valence-electron chi connectivity index (χ4n) is 11.7. The molecular formula is C34H52O6. The van der Waals surface area contributed by atoms with Crippen LogP contribution in [-0.2, 0) is 23.9 Å². The number of aliphatic carboxylic acids is 1. The monoisotopic (exact) mass is 556 g/mol. The third-order valence-corrected chi connectivity index (χ3v) is 13.9. The average molecular weight is 557 g/mol. The first kappa shape index (κ1) is 29.6. The van der Waals surface area contributed by atoms with Crippen molar-refractivity contribution in [3.05, 3.63) is 11.6 Å². The lowest BCUT2D eigenvalue weighted by Gasteiger charge is -2.71. The highest BCUT2D eigenvalue weighted by Gasteiger charge is 2.71. The maximum Gasteiger partial charge on any atom is 0.310 e. The molecule has 6 heteroatoms. The Morgan fingerprint density at radius 1 is 0.875 bits per heavy atom. The lowest BCUT2D eigenvalue weighted by atomic mass is 9.33. The lowest BCUT2D eigenvalue weighted by molar-refractivity contribution is -0.244. The Hall–Kier alpha value is -1.85. The van der Waals surface area contributed by atoms with E-state index in [9.17, 15) is 19.5 Å². The molecule has 0 aromatic carbocycles. The number of carboxylic acids is 1. The Morgan fingerprint density at radius 3 is 2.12 bits per heavy atom. The van der Waals surface area contributed by atoms with Gasteiger partial charge in [0.25, 0.3) is 0 Å². The van der Waals surface area contributed by atoms with Gasteiger partial charge >= 0.3 is 17.9 Å². The van der Waals surface area contributed by atoms with Gasteiger partial charge in [0.05, 0.1) is 5.41 Å². The van der Waals surface area contributed by atoms with Crippen LogP contribution in [0.3, 0.4) is 0 Å². The molecular weight excluding hydrogens is 504 g/mol. The lowest BCUT2D eigenvalue weighted by Crippen LogP contribution is -2.68. The summed E-state index contributed by atoms with van der Waals surface area (Å²) in [5.41, 5.74) is 0.219. The largest absolute Gasteiger partial charge is 0.481 e. The third-order valence-electron chi connectivity index (χ3n) is 13.9. The number of fused-ring (bicyclic) bond motifs is 7. The second-order valence-electron chi connectivity index (χ2n) is 15.8. The van der Waals surface area contributed by atoms with E-state index < -0.39 is 23.6 Å². The van der Waals surface area contributed by atoms with E-state index in [1.54, 1.807) is 0 Å². The first-order chi connectivity index (χ1) is 18.5. The van der Waals surface area contributed by atoms with Crippen molar-refractivity contribution in [1.29, 1.82) is 0 Å². The molecule has 0 aromatic heterocycles. The molecule has 0 aliphatic heterocycles. The Balaban J connectivity index is 1.60. The number of esters is 2. The summed E-state index contributed by atoms with van der Waals surface area (Å²) in [6, 6.07) is 0. The van der Waals surface area contributed by atoms with Crippen LogP contribution in [0, 0.1) is 56.7 Å². The van der Waals surface area contributed by atoms with E-state index >= 15 is 0 Å². The zero-order valence-electron chi connectivity index (χ0n) is 26.3. The summed E-state index contributed by atoms with van der Waals surface area (Å²) in [4.78, 5) is 37.4. The molecule has 0 aromatic rings. The Bertz CT molecular complexity index is 1120. The van der Waals surface area contributed by atoms with Gasteiger partial charge in [-0.3, -0.25) is 14.4 Å². The molecule has 224 valence electrons. The minimum atomic E-state index is -0.647. The van der Waals surface area contributed by atoms with Gasteiger partial charge < -0.3 is 14.6 Å². The molecule has 11 atom stereocenters. The summed E-state index contributed by atoms with van der Waals surface area (Å²) in [5.74, 6) is 0.333. The predicted molar refractivity (Wildman–Crippen MR) is 153 cm³/mol. The van der Waals surface area contributed by atoms with E-state index in [1.165, 1.54) is 19.4 Å². The van der Waals surface area contributed by atoms with Gasteiger partial charge in [-0.2, -0.15) is 0 Å². The second-order valence-corrected chi connectivity index (χ2v) is 15.8. The smallest absolute Gasteiger partial charge is 0.310 e. The van der Waals surface area contributed by atoms with Crippen LogP contribution in [-0.4, -0.2) is 35.2 Å². The summed E-state index contributed by atoms with van der Waals surface area (Å²) >= 11 is 0. The summed E-state index contributed by atoms with van der Waals surface area (Å²) in [7, 11) is 0. The molecule has 5 aliphatic carbocycles. The van der Waals surface area contributed by atoms with Gasteiger partial charge in [-0.15, -0.1) is 0 Å². The normalized spacial score (nSPS) is 49.2. The Kier molecular flexibility index (Phi) is 6.91. The standard InChI is InChI=1S/C34H52O6/c1-19-12-15-34(29(37)38)17-16-32(8)23(27(34)20(19)2)10-11-26-31(7)18-24(39-21(3)35)28(40-22(4)36)30(5,6)25(31)13-14-33(26,32)9/h10,19-20,24-28H,11-18H2,1-9H3,(H,37,38)/t19-,20+,24-,25-,26-,27-,28+,31+,32-,33-,34+/m1/s1. The van der Waals surface area contributed by atoms with E-state index in [0.717, 1.165) is 44.9 Å². The number of hydrogen-bond donors (Lipinski definition) is 1. The third kappa shape index (κ3) is 3.82. The fraction of sp³-hybridized carbons (Fsp3) is 0.853. The Morgan fingerprint density at radius 2 is 1.52 bits per heavy atom. The highest BCUT2D eigenvalue weighted by Crippen LogP contribution is 2.76. The van der Waals surface area contributed by atoms with Crippen molar-refractivity contribution in [2.75, 3.05) is 0 Å². The van der Waals surface area contributed by atoms with E-state index in [1.807, 2.05) is 0 Å². The van der Waals surface area contributed by atoms with Crippen LogP contribution in [0.15, 0.2) is 11.6 Å². The van der Waals surface area contributed by atoms with Crippen LogP contribution in [0.25, 0.3) is 0 Å². The number of rotatable bonds is 3. The number of allylic oxidation sites excluding steroid dienone is 2. The average Bonchev–Trinajstić information content (AvgIpc) is 2.83. The predicted octanol–water partition coefficient (Wildman–Crippen LogP) is 7.20. The van der Waals surface area contributed by atoms with Crippen molar-refractivity contribution in [3.63, 3.8) is 0 Å². The van der Waals surface area contributed by atoms with Crippen LogP contribution < -0.4 is 0 Å². The van der Waals surface area contributed by atoms with Crippen molar-refractivity contribution in [1.82, 2.24) is 0 Å². The van der Waals surface area contributed by atoms with Gasteiger partial charge in [0.15, 0.2) is 0 Å². The van der Waals surface area contributed by atoms with Crippen molar-refractivity contribution in [2.24, 2.45) is 56.7 Å². The van der Waals surface area contributed by atoms with Crippen molar-refractivity contribution in [2.45, 2.75) is 126 Å². The highest BCUT2D eigenvalue weighted by molar-refractivity contribution is 5.76. The topological polar surface area (TPSA) is 89.9 Å². The maximum absolute atomic E-state index is 12.9. The van der Waals surface area contributed by atoms with Crippen LogP contribution >= 0.6 is 0 Å². The number of ether oxygens (including phenoxy) is 2. The van der Waals surface area contributed by atoms with E-state index in [-0.39, 0.29) is 39.5 Å². The second kappa shape index (κ2) is 9.33. The van der Waals surface area contributed by atoms with Gasteiger partial charge in [-0.05, 0) is 97.2 Å². The van der Waals surface area contributed by atoms with Crippen LogP contribution in [0.5, 0.6) is 0 Å². The minimum Gasteiger partial charge on any atom is -0.481 e. The first-order valence-electron chi connectivity index (χ1n) is 15.7. The molecule has 6 nitrogen and oxygen atoms in total. The number of hydrogen-bond acceptors (Lipinski definition) is 5.